The molecule has 4 rings (SSSR count). The number of nitrogen functional groups attached to an aromatic ring is 1. The zero-order chi connectivity index (χ0) is 16.7. The van der Waals surface area contributed by atoms with Crippen LogP contribution >= 0.6 is 11.3 Å². The maximum atomic E-state index is 12.8. The summed E-state index contributed by atoms with van der Waals surface area (Å²) in [5, 5.41) is 0.785. The van der Waals surface area contributed by atoms with Gasteiger partial charge in [-0.05, 0) is 42.9 Å². The average molecular weight is 358 g/mol. The van der Waals surface area contributed by atoms with Gasteiger partial charge in [0.05, 0.1) is 11.4 Å². The fourth-order valence-electron chi connectivity index (χ4n) is 3.23. The van der Waals surface area contributed by atoms with Crippen molar-refractivity contribution in [3.05, 3.63) is 53.2 Å². The summed E-state index contributed by atoms with van der Waals surface area (Å²) < 4.78 is 25.9. The number of nitrogens with zero attached hydrogens (tertiary/aromatic N) is 1. The molecule has 1 aromatic carbocycles. The van der Waals surface area contributed by atoms with Crippen molar-refractivity contribution in [1.29, 1.82) is 0 Å². The number of aryl methyl sites for hydroxylation is 2. The van der Waals surface area contributed by atoms with E-state index in [-0.39, 0.29) is 9.96 Å². The highest BCUT2D eigenvalue weighted by Gasteiger charge is 2.25. The largest absolute Gasteiger partial charge is 0.396 e. The van der Waals surface area contributed by atoms with Crippen molar-refractivity contribution in [2.75, 3.05) is 5.73 Å². The molecule has 1 aliphatic rings. The first-order valence-electron chi connectivity index (χ1n) is 8.02. The van der Waals surface area contributed by atoms with Gasteiger partial charge in [-0.3, -0.25) is 0 Å². The van der Waals surface area contributed by atoms with Crippen LogP contribution in [0.15, 0.2) is 40.6 Å². The Morgan fingerprint density at radius 3 is 2.67 bits per heavy atom. The quantitative estimate of drug-likeness (QED) is 0.774. The van der Waals surface area contributed by atoms with E-state index in [1.54, 1.807) is 0 Å². The maximum absolute atomic E-state index is 12.8. The van der Waals surface area contributed by atoms with Gasteiger partial charge in [0.15, 0.2) is 9.84 Å². The lowest BCUT2D eigenvalue weighted by Gasteiger charge is -2.14. The lowest BCUT2D eigenvalue weighted by atomic mass is 9.95. The summed E-state index contributed by atoms with van der Waals surface area (Å²) in [6.07, 6.45) is 4.27. The molecule has 0 spiro atoms. The molecule has 124 valence electrons. The number of fused-ring (bicyclic) bond motifs is 2. The van der Waals surface area contributed by atoms with Crippen LogP contribution in [0, 0.1) is 0 Å². The van der Waals surface area contributed by atoms with Gasteiger partial charge in [0.25, 0.3) is 0 Å². The van der Waals surface area contributed by atoms with Crippen LogP contribution in [0.4, 0.5) is 5.69 Å². The second-order valence-electron chi connectivity index (χ2n) is 6.20. The molecule has 0 fully saturated rings. The van der Waals surface area contributed by atoms with Gasteiger partial charge >= 0.3 is 0 Å². The second kappa shape index (κ2) is 5.86. The monoisotopic (exact) mass is 358 g/mol. The zero-order valence-corrected chi connectivity index (χ0v) is 14.8. The van der Waals surface area contributed by atoms with E-state index in [0.717, 1.165) is 47.2 Å². The highest BCUT2D eigenvalue weighted by molar-refractivity contribution is 7.93. The third-order valence-electron chi connectivity index (χ3n) is 4.45. The highest BCUT2D eigenvalue weighted by Crippen LogP contribution is 2.39. The molecule has 1 aliphatic carbocycles. The summed E-state index contributed by atoms with van der Waals surface area (Å²) >= 11 is 1.20. The number of benzene rings is 1. The van der Waals surface area contributed by atoms with Crippen LogP contribution in [0.25, 0.3) is 10.2 Å². The van der Waals surface area contributed by atoms with E-state index in [9.17, 15) is 8.42 Å². The summed E-state index contributed by atoms with van der Waals surface area (Å²) in [5.41, 5.74) is 9.63. The predicted molar refractivity (Wildman–Crippen MR) is 98.0 cm³/mol. The molecular weight excluding hydrogens is 340 g/mol. The molecular formula is C18H18N2O2S2. The summed E-state index contributed by atoms with van der Waals surface area (Å²) in [5.74, 6) is -0.0371. The Bertz CT molecular complexity index is 1010. The minimum Gasteiger partial charge on any atom is -0.396 e. The molecule has 2 aromatic heterocycles. The highest BCUT2D eigenvalue weighted by atomic mass is 32.2. The molecule has 24 heavy (non-hydrogen) atoms. The Morgan fingerprint density at radius 1 is 1.12 bits per heavy atom. The van der Waals surface area contributed by atoms with Gasteiger partial charge in [0.1, 0.15) is 9.04 Å². The Hall–Kier alpha value is -1.92. The minimum atomic E-state index is -3.48. The summed E-state index contributed by atoms with van der Waals surface area (Å²) in [6.45, 7) is 0. The molecule has 2 N–H and O–H groups in total. The summed E-state index contributed by atoms with van der Waals surface area (Å²) in [7, 11) is -3.48. The van der Waals surface area contributed by atoms with E-state index in [0.29, 0.717) is 5.69 Å². The normalized spacial score (nSPS) is 14.7. The molecule has 0 saturated heterocycles. The molecule has 3 aromatic rings. The Kier molecular flexibility index (Phi) is 3.81. The zero-order valence-electron chi connectivity index (χ0n) is 13.2. The lowest BCUT2D eigenvalue weighted by molar-refractivity contribution is 0.597. The molecule has 0 atom stereocenters. The first kappa shape index (κ1) is 15.6. The average Bonchev–Trinajstić information content (AvgIpc) is 2.90. The van der Waals surface area contributed by atoms with Crippen molar-refractivity contribution in [3.63, 3.8) is 0 Å². The molecule has 2 heterocycles. The standard InChI is InChI=1S/C18H18N2O2S2/c19-16-14-10-13-8-4-5-9-15(13)20-17(14)23-18(16)24(21,22)11-12-6-2-1-3-7-12/h1-3,6-7,10H,4-5,8-9,11,19H2. The number of nitrogens with two attached hydrogens (primary N) is 1. The van der Waals surface area contributed by atoms with E-state index >= 15 is 0 Å². The number of rotatable bonds is 3. The van der Waals surface area contributed by atoms with E-state index < -0.39 is 9.84 Å². The second-order valence-corrected chi connectivity index (χ2v) is 9.39. The smallest absolute Gasteiger partial charge is 0.194 e. The number of aromatic nitrogens is 1. The lowest BCUT2D eigenvalue weighted by Crippen LogP contribution is -2.06. The molecule has 0 saturated carbocycles. The predicted octanol–water partition coefficient (Wildman–Crippen LogP) is 3.73. The molecule has 4 nitrogen and oxygen atoms in total. The van der Waals surface area contributed by atoms with Gasteiger partial charge in [-0.2, -0.15) is 0 Å². The number of thiophene rings is 1. The van der Waals surface area contributed by atoms with Crippen molar-refractivity contribution in [2.24, 2.45) is 0 Å². The first-order valence-corrected chi connectivity index (χ1v) is 10.5. The number of hydrogen-bond acceptors (Lipinski definition) is 5. The molecule has 0 unspecified atom stereocenters. The van der Waals surface area contributed by atoms with Crippen molar-refractivity contribution in [3.8, 4) is 0 Å². The topological polar surface area (TPSA) is 73.1 Å². The van der Waals surface area contributed by atoms with Crippen molar-refractivity contribution < 1.29 is 8.42 Å². The van der Waals surface area contributed by atoms with Crippen molar-refractivity contribution >= 4 is 37.1 Å². The minimum absolute atomic E-state index is 0.0371. The molecule has 0 amide bonds. The fourth-order valence-corrected chi connectivity index (χ4v) is 6.19. The molecule has 0 bridgehead atoms. The molecule has 6 heteroatoms. The third kappa shape index (κ3) is 2.70. The Morgan fingerprint density at radius 2 is 1.88 bits per heavy atom. The van der Waals surface area contributed by atoms with Crippen LogP contribution in [0.2, 0.25) is 0 Å². The van der Waals surface area contributed by atoms with Crippen LogP contribution in [-0.4, -0.2) is 13.4 Å². The molecule has 0 radical (unpaired) electrons. The first-order chi connectivity index (χ1) is 11.5. The van der Waals surface area contributed by atoms with Gasteiger partial charge in [-0.15, -0.1) is 11.3 Å². The molecule has 0 aliphatic heterocycles. The van der Waals surface area contributed by atoms with Gasteiger partial charge in [0.2, 0.25) is 0 Å². The van der Waals surface area contributed by atoms with Crippen LogP contribution in [0.5, 0.6) is 0 Å². The maximum Gasteiger partial charge on any atom is 0.194 e. The SMILES string of the molecule is Nc1c(S(=O)(=O)Cc2ccccc2)sc2nc3c(cc12)CCCC3. The van der Waals surface area contributed by atoms with E-state index in [4.69, 9.17) is 10.7 Å². The van der Waals surface area contributed by atoms with E-state index in [1.165, 1.54) is 16.9 Å². The van der Waals surface area contributed by atoms with Crippen LogP contribution < -0.4 is 5.73 Å². The van der Waals surface area contributed by atoms with E-state index in [2.05, 4.69) is 0 Å². The van der Waals surface area contributed by atoms with E-state index in [1.807, 2.05) is 36.4 Å². The Labute approximate surface area is 145 Å². The van der Waals surface area contributed by atoms with Gasteiger partial charge < -0.3 is 5.73 Å². The van der Waals surface area contributed by atoms with Crippen LogP contribution in [0.3, 0.4) is 0 Å². The van der Waals surface area contributed by atoms with Crippen molar-refractivity contribution in [1.82, 2.24) is 4.98 Å². The van der Waals surface area contributed by atoms with Gasteiger partial charge in [-0.25, -0.2) is 13.4 Å². The van der Waals surface area contributed by atoms with Gasteiger partial charge in [-0.1, -0.05) is 30.3 Å². The number of pyridine rings is 1. The number of sulfone groups is 1. The fraction of sp³-hybridized carbons (Fsp3) is 0.278. The third-order valence-corrected chi connectivity index (χ3v) is 7.87. The number of anilines is 1. The van der Waals surface area contributed by atoms with Crippen molar-refractivity contribution in [2.45, 2.75) is 35.6 Å². The van der Waals surface area contributed by atoms with Crippen LogP contribution in [0.1, 0.15) is 29.7 Å². The summed E-state index contributed by atoms with van der Waals surface area (Å²) in [6, 6.07) is 11.2. The van der Waals surface area contributed by atoms with Gasteiger partial charge in [0, 0.05) is 11.1 Å². The Balaban J connectivity index is 1.80. The summed E-state index contributed by atoms with van der Waals surface area (Å²) in [4.78, 5) is 5.43. The van der Waals surface area contributed by atoms with Crippen LogP contribution in [-0.2, 0) is 28.4 Å². The number of hydrogen-bond donors (Lipinski definition) is 1.